The number of pyridine rings is 1. The van der Waals surface area contributed by atoms with Crippen LogP contribution in [0.25, 0.3) is 11.1 Å². The molecule has 1 fully saturated rings. The highest BCUT2D eigenvalue weighted by Gasteiger charge is 2.27. The van der Waals surface area contributed by atoms with Crippen molar-refractivity contribution in [2.45, 2.75) is 0 Å². The molecule has 13 heteroatoms. The molecular weight excluding hydrogens is 539 g/mol. The Hall–Kier alpha value is -3.41. The van der Waals surface area contributed by atoms with E-state index in [1.807, 2.05) is 0 Å². The minimum absolute atomic E-state index is 0. The third-order valence-electron chi connectivity index (χ3n) is 5.54. The highest BCUT2D eigenvalue weighted by Crippen LogP contribution is 2.35. The Morgan fingerprint density at radius 2 is 1.59 bits per heavy atom. The zero-order chi connectivity index (χ0) is 25.1. The summed E-state index contributed by atoms with van der Waals surface area (Å²) in [5.74, 6) is -6.87. The lowest BCUT2D eigenvalue weighted by Crippen LogP contribution is -2.46. The number of benzene rings is 2. The molecule has 1 aliphatic rings. The predicted octanol–water partition coefficient (Wildman–Crippen LogP) is 4.45. The maximum Gasteiger partial charge on any atom is 0.258 e. The number of hydrogen-bond donors (Lipinski definition) is 2. The Kier molecular flexibility index (Phi) is 10.2. The van der Waals surface area contributed by atoms with Crippen molar-refractivity contribution < 1.29 is 31.9 Å². The lowest BCUT2D eigenvalue weighted by atomic mass is 9.99. The van der Waals surface area contributed by atoms with Gasteiger partial charge >= 0.3 is 0 Å². The van der Waals surface area contributed by atoms with Gasteiger partial charge in [-0.15, -0.1) is 24.8 Å². The summed E-state index contributed by atoms with van der Waals surface area (Å²) in [6.07, 6.45) is 2.59. The molecule has 0 atom stereocenters. The van der Waals surface area contributed by atoms with Crippen LogP contribution in [-0.4, -0.2) is 55.0 Å². The van der Waals surface area contributed by atoms with E-state index in [4.69, 9.17) is 4.74 Å². The smallest absolute Gasteiger partial charge is 0.258 e. The molecule has 0 aliphatic carbocycles. The Balaban J connectivity index is 0.00000241. The molecule has 198 valence electrons. The topological polar surface area (TPSA) is 83.6 Å². The summed E-state index contributed by atoms with van der Waals surface area (Å²) in [5, 5.41) is 5.52. The summed E-state index contributed by atoms with van der Waals surface area (Å²) in [7, 11) is 1.18. The predicted molar refractivity (Wildman–Crippen MR) is 134 cm³/mol. The normalized spacial score (nSPS) is 12.7. The lowest BCUT2D eigenvalue weighted by Gasteiger charge is -2.28. The van der Waals surface area contributed by atoms with Gasteiger partial charge in [0.25, 0.3) is 11.8 Å². The van der Waals surface area contributed by atoms with Crippen LogP contribution in [0.15, 0.2) is 42.7 Å². The molecule has 4 rings (SSSR count). The van der Waals surface area contributed by atoms with E-state index in [2.05, 4.69) is 15.6 Å². The number of carbonyl (C=O) groups is 2. The van der Waals surface area contributed by atoms with Gasteiger partial charge in [0.05, 0.1) is 41.2 Å². The minimum atomic E-state index is -1.47. The third-order valence-corrected chi connectivity index (χ3v) is 5.54. The van der Waals surface area contributed by atoms with Gasteiger partial charge < -0.3 is 20.3 Å². The lowest BCUT2D eigenvalue weighted by molar-refractivity contribution is 0.0736. The van der Waals surface area contributed by atoms with Crippen LogP contribution in [0.3, 0.4) is 0 Å². The van der Waals surface area contributed by atoms with E-state index in [1.54, 1.807) is 4.90 Å². The van der Waals surface area contributed by atoms with Gasteiger partial charge in [0.15, 0.2) is 0 Å². The van der Waals surface area contributed by atoms with Gasteiger partial charge in [0, 0.05) is 44.5 Å². The van der Waals surface area contributed by atoms with Gasteiger partial charge in [-0.25, -0.2) is 17.6 Å². The van der Waals surface area contributed by atoms with Crippen LogP contribution in [0.1, 0.15) is 20.7 Å². The Morgan fingerprint density at radius 1 is 0.946 bits per heavy atom. The van der Waals surface area contributed by atoms with Crippen molar-refractivity contribution in [3.63, 3.8) is 0 Å². The zero-order valence-corrected chi connectivity index (χ0v) is 21.0. The van der Waals surface area contributed by atoms with Crippen molar-refractivity contribution in [3.05, 3.63) is 77.1 Å². The number of piperazine rings is 1. The zero-order valence-electron chi connectivity index (χ0n) is 19.3. The molecule has 1 aromatic heterocycles. The number of aromatic nitrogens is 1. The van der Waals surface area contributed by atoms with Crippen LogP contribution in [0, 0.1) is 23.3 Å². The molecule has 0 radical (unpaired) electrons. The molecule has 1 saturated heterocycles. The van der Waals surface area contributed by atoms with E-state index in [0.717, 1.165) is 24.3 Å². The largest absolute Gasteiger partial charge is 0.497 e. The summed E-state index contributed by atoms with van der Waals surface area (Å²) >= 11 is 0. The second-order valence-electron chi connectivity index (χ2n) is 7.67. The Bertz CT molecular complexity index is 1280. The van der Waals surface area contributed by atoms with E-state index < -0.39 is 45.9 Å². The van der Waals surface area contributed by atoms with Gasteiger partial charge in [0.2, 0.25) is 0 Å². The molecule has 7 nitrogen and oxygen atoms in total. The van der Waals surface area contributed by atoms with Crippen LogP contribution >= 0.6 is 24.8 Å². The molecule has 1 aliphatic heterocycles. The first-order valence-electron chi connectivity index (χ1n) is 10.6. The van der Waals surface area contributed by atoms with E-state index in [-0.39, 0.29) is 47.7 Å². The number of rotatable bonds is 5. The number of amides is 2. The molecule has 2 amide bonds. The van der Waals surface area contributed by atoms with Crippen LogP contribution in [0.4, 0.5) is 23.2 Å². The minimum Gasteiger partial charge on any atom is -0.497 e. The highest BCUT2D eigenvalue weighted by molar-refractivity contribution is 6.09. The number of hydrogen-bond acceptors (Lipinski definition) is 5. The standard InChI is InChI=1S/C24H20F4N4O3.2ClH/c1-35-13-10-17(26)20(18(27)11-13)21-16(25)3-2-15(22(21)28)23(33)31-19-12-30-5-4-14(19)24(34)32-8-6-29-7-9-32;;/h2-5,10-12,29H,6-9H2,1H3,(H,31,33);2*1H. The molecule has 2 N–H and O–H groups in total. The fourth-order valence-electron chi connectivity index (χ4n) is 3.77. The van der Waals surface area contributed by atoms with Gasteiger partial charge in [-0.3, -0.25) is 14.6 Å². The Labute approximate surface area is 222 Å². The number of halogens is 6. The Morgan fingerprint density at radius 3 is 2.22 bits per heavy atom. The molecular formula is C24H22Cl2F4N4O3. The molecule has 0 unspecified atom stereocenters. The average molecular weight is 561 g/mol. The monoisotopic (exact) mass is 560 g/mol. The van der Waals surface area contributed by atoms with Crippen molar-refractivity contribution in [2.24, 2.45) is 0 Å². The van der Waals surface area contributed by atoms with Crippen LogP contribution in [-0.2, 0) is 0 Å². The van der Waals surface area contributed by atoms with Crippen LogP contribution < -0.4 is 15.4 Å². The van der Waals surface area contributed by atoms with E-state index in [9.17, 15) is 22.8 Å². The molecule has 0 saturated carbocycles. The van der Waals surface area contributed by atoms with Crippen molar-refractivity contribution >= 4 is 42.3 Å². The molecule has 0 spiro atoms. The van der Waals surface area contributed by atoms with E-state index in [1.165, 1.54) is 25.6 Å². The first-order valence-corrected chi connectivity index (χ1v) is 10.6. The first-order chi connectivity index (χ1) is 16.8. The van der Waals surface area contributed by atoms with E-state index in [0.29, 0.717) is 26.2 Å². The summed E-state index contributed by atoms with van der Waals surface area (Å²) in [6, 6.07) is 4.53. The van der Waals surface area contributed by atoms with Crippen molar-refractivity contribution in [3.8, 4) is 16.9 Å². The summed E-state index contributed by atoms with van der Waals surface area (Å²) < 4.78 is 63.6. The number of anilines is 1. The number of nitrogens with zero attached hydrogens (tertiary/aromatic N) is 2. The summed E-state index contributed by atoms with van der Waals surface area (Å²) in [4.78, 5) is 31.3. The second-order valence-corrected chi connectivity index (χ2v) is 7.67. The van der Waals surface area contributed by atoms with Gasteiger partial charge in [-0.2, -0.15) is 0 Å². The second kappa shape index (κ2) is 12.7. The van der Waals surface area contributed by atoms with Crippen molar-refractivity contribution in [1.29, 1.82) is 0 Å². The van der Waals surface area contributed by atoms with Gasteiger partial charge in [-0.05, 0) is 18.2 Å². The molecule has 2 heterocycles. The quantitative estimate of drug-likeness (QED) is 0.450. The SMILES string of the molecule is COc1cc(F)c(-c2c(F)ccc(C(=O)Nc3cnccc3C(=O)N3CCNCC3)c2F)c(F)c1.Cl.Cl. The van der Waals surface area contributed by atoms with Gasteiger partial charge in [0.1, 0.15) is 29.0 Å². The molecule has 37 heavy (non-hydrogen) atoms. The average Bonchev–Trinajstić information content (AvgIpc) is 2.85. The number of carbonyl (C=O) groups excluding carboxylic acids is 2. The van der Waals surface area contributed by atoms with Crippen LogP contribution in [0.5, 0.6) is 5.75 Å². The third kappa shape index (κ3) is 6.12. The fraction of sp³-hybridized carbons (Fsp3) is 0.208. The first kappa shape index (κ1) is 29.8. The van der Waals surface area contributed by atoms with Gasteiger partial charge in [-0.1, -0.05) is 0 Å². The molecule has 0 bridgehead atoms. The number of nitrogens with one attached hydrogen (secondary N) is 2. The summed E-state index contributed by atoms with van der Waals surface area (Å²) in [6.45, 7) is 2.15. The number of ether oxygens (including phenoxy) is 1. The fourth-order valence-corrected chi connectivity index (χ4v) is 3.77. The maximum atomic E-state index is 15.3. The van der Waals surface area contributed by atoms with E-state index >= 15 is 4.39 Å². The highest BCUT2D eigenvalue weighted by atomic mass is 35.5. The molecule has 2 aromatic carbocycles. The summed E-state index contributed by atoms with van der Waals surface area (Å²) in [5.41, 5.74) is -2.57. The number of methoxy groups -OCH3 is 1. The van der Waals surface area contributed by atoms with Crippen molar-refractivity contribution in [1.82, 2.24) is 15.2 Å². The maximum absolute atomic E-state index is 15.3. The van der Waals surface area contributed by atoms with Crippen molar-refractivity contribution in [2.75, 3.05) is 38.6 Å². The van der Waals surface area contributed by atoms with Crippen LogP contribution in [0.2, 0.25) is 0 Å². The molecule has 3 aromatic rings.